The van der Waals surface area contributed by atoms with Gasteiger partial charge in [0, 0.05) is 37.4 Å². The van der Waals surface area contributed by atoms with E-state index in [9.17, 15) is 9.59 Å². The molecule has 2 aromatic heterocycles. The predicted molar refractivity (Wildman–Crippen MR) is 125 cm³/mol. The van der Waals surface area contributed by atoms with Gasteiger partial charge in [0.25, 0.3) is 0 Å². The number of aryl methyl sites for hydroxylation is 1. The minimum absolute atomic E-state index is 0.304. The number of aromatic nitrogens is 3. The Morgan fingerprint density at radius 1 is 1.12 bits per heavy atom. The summed E-state index contributed by atoms with van der Waals surface area (Å²) >= 11 is 0. The van der Waals surface area contributed by atoms with E-state index in [2.05, 4.69) is 20.7 Å². The number of nitrogens with zero attached hydrogens (tertiary/aromatic N) is 3. The van der Waals surface area contributed by atoms with Gasteiger partial charge in [-0.1, -0.05) is 30.3 Å². The van der Waals surface area contributed by atoms with Gasteiger partial charge in [0.1, 0.15) is 17.5 Å². The summed E-state index contributed by atoms with van der Waals surface area (Å²) < 4.78 is 12.1. The van der Waals surface area contributed by atoms with Crippen molar-refractivity contribution in [2.75, 3.05) is 12.4 Å². The van der Waals surface area contributed by atoms with Crippen LogP contribution in [0.2, 0.25) is 0 Å². The van der Waals surface area contributed by atoms with Crippen LogP contribution in [0.4, 0.5) is 10.6 Å². The van der Waals surface area contributed by atoms with E-state index in [1.165, 1.54) is 0 Å². The molecule has 0 aliphatic rings. The van der Waals surface area contributed by atoms with Crippen LogP contribution in [0.5, 0.6) is 5.88 Å². The number of carbonyl (C=O) groups is 2. The molecule has 2 amide bonds. The molecule has 0 radical (unpaired) electrons. The molecule has 0 fully saturated rings. The smallest absolute Gasteiger partial charge is 0.408 e. The minimum atomic E-state index is -0.846. The van der Waals surface area contributed by atoms with Crippen LogP contribution in [-0.4, -0.2) is 45.5 Å². The standard InChI is InChI=1S/C24H29N5O4/c1-24(2,3)33-23(31)26-19(13-16-9-7-6-8-10-16)22(30)27-20-15-18(28-29(20)4)17-11-12-25-21(14-17)32-5/h6-12,14-15,19H,13H2,1-5H3,(H,26,31)(H,27,30). The predicted octanol–water partition coefficient (Wildman–Crippen LogP) is 3.57. The van der Waals surface area contributed by atoms with Crippen LogP contribution >= 0.6 is 0 Å². The average Bonchev–Trinajstić information content (AvgIpc) is 3.13. The maximum atomic E-state index is 13.2. The highest BCUT2D eigenvalue weighted by Crippen LogP contribution is 2.24. The SMILES string of the molecule is COc1cc(-c2cc(NC(=O)C(Cc3ccccc3)NC(=O)OC(C)(C)C)n(C)n2)ccn1. The molecule has 0 aliphatic carbocycles. The number of ether oxygens (including phenoxy) is 2. The molecular weight excluding hydrogens is 422 g/mol. The Morgan fingerprint density at radius 3 is 2.52 bits per heavy atom. The lowest BCUT2D eigenvalue weighted by atomic mass is 10.1. The molecule has 3 aromatic rings. The van der Waals surface area contributed by atoms with Crippen molar-refractivity contribution in [3.63, 3.8) is 0 Å². The van der Waals surface area contributed by atoms with Gasteiger partial charge in [0.2, 0.25) is 11.8 Å². The molecular formula is C24H29N5O4. The maximum absolute atomic E-state index is 13.2. The van der Waals surface area contributed by atoms with Gasteiger partial charge in [0.05, 0.1) is 12.8 Å². The fourth-order valence-electron chi connectivity index (χ4n) is 3.13. The molecule has 0 saturated heterocycles. The van der Waals surface area contributed by atoms with Crippen molar-refractivity contribution in [3.05, 3.63) is 60.3 Å². The van der Waals surface area contributed by atoms with E-state index >= 15 is 0 Å². The molecule has 2 N–H and O–H groups in total. The maximum Gasteiger partial charge on any atom is 0.408 e. The molecule has 33 heavy (non-hydrogen) atoms. The lowest BCUT2D eigenvalue weighted by Crippen LogP contribution is -2.47. The highest BCUT2D eigenvalue weighted by Gasteiger charge is 2.25. The van der Waals surface area contributed by atoms with Crippen LogP contribution in [0.1, 0.15) is 26.3 Å². The number of nitrogens with one attached hydrogen (secondary N) is 2. The molecule has 9 heteroatoms. The number of amides is 2. The van der Waals surface area contributed by atoms with Gasteiger partial charge in [-0.05, 0) is 32.4 Å². The molecule has 1 unspecified atom stereocenters. The van der Waals surface area contributed by atoms with Gasteiger partial charge >= 0.3 is 6.09 Å². The van der Waals surface area contributed by atoms with E-state index in [0.29, 0.717) is 23.8 Å². The van der Waals surface area contributed by atoms with E-state index in [1.54, 1.807) is 64.0 Å². The van der Waals surface area contributed by atoms with E-state index in [-0.39, 0.29) is 5.91 Å². The first-order chi connectivity index (χ1) is 15.6. The zero-order chi connectivity index (χ0) is 24.0. The number of methoxy groups -OCH3 is 1. The first-order valence-corrected chi connectivity index (χ1v) is 10.5. The fraction of sp³-hybridized carbons (Fsp3) is 0.333. The molecule has 0 aliphatic heterocycles. The highest BCUT2D eigenvalue weighted by molar-refractivity contribution is 5.96. The summed E-state index contributed by atoms with van der Waals surface area (Å²) in [5, 5.41) is 10.0. The van der Waals surface area contributed by atoms with Gasteiger partial charge < -0.3 is 20.1 Å². The highest BCUT2D eigenvalue weighted by atomic mass is 16.6. The topological polar surface area (TPSA) is 107 Å². The van der Waals surface area contributed by atoms with Crippen LogP contribution in [0.3, 0.4) is 0 Å². The Hall–Kier alpha value is -3.88. The lowest BCUT2D eigenvalue weighted by molar-refractivity contribution is -0.118. The van der Waals surface area contributed by atoms with E-state index in [0.717, 1.165) is 11.1 Å². The molecule has 1 aromatic carbocycles. The molecule has 3 rings (SSSR count). The second-order valence-corrected chi connectivity index (χ2v) is 8.50. The number of hydrogen-bond donors (Lipinski definition) is 2. The molecule has 1 atom stereocenters. The van der Waals surface area contributed by atoms with E-state index in [1.807, 2.05) is 30.3 Å². The summed E-state index contributed by atoms with van der Waals surface area (Å²) in [6.07, 6.45) is 1.27. The molecule has 2 heterocycles. The summed E-state index contributed by atoms with van der Waals surface area (Å²) in [6, 6.07) is 13.9. The van der Waals surface area contributed by atoms with Crippen molar-refractivity contribution in [2.45, 2.75) is 38.8 Å². The number of benzene rings is 1. The van der Waals surface area contributed by atoms with Crippen LogP contribution in [0, 0.1) is 0 Å². The van der Waals surface area contributed by atoms with Crippen molar-refractivity contribution in [3.8, 4) is 17.1 Å². The Bertz CT molecular complexity index is 1110. The van der Waals surface area contributed by atoms with Crippen molar-refractivity contribution < 1.29 is 19.1 Å². The van der Waals surface area contributed by atoms with Crippen LogP contribution < -0.4 is 15.4 Å². The van der Waals surface area contributed by atoms with Gasteiger partial charge in [-0.2, -0.15) is 5.10 Å². The van der Waals surface area contributed by atoms with Gasteiger partial charge in [-0.25, -0.2) is 9.78 Å². The Labute approximate surface area is 193 Å². The van der Waals surface area contributed by atoms with E-state index < -0.39 is 17.7 Å². The third-order valence-corrected chi connectivity index (χ3v) is 4.66. The first-order valence-electron chi connectivity index (χ1n) is 10.5. The second-order valence-electron chi connectivity index (χ2n) is 8.50. The third-order valence-electron chi connectivity index (χ3n) is 4.66. The molecule has 9 nitrogen and oxygen atoms in total. The molecule has 0 saturated carbocycles. The van der Waals surface area contributed by atoms with Crippen LogP contribution in [0.15, 0.2) is 54.7 Å². The number of hydrogen-bond acceptors (Lipinski definition) is 6. The number of alkyl carbamates (subject to hydrolysis) is 1. The summed E-state index contributed by atoms with van der Waals surface area (Å²) in [6.45, 7) is 5.30. The van der Waals surface area contributed by atoms with Gasteiger partial charge in [-0.3, -0.25) is 9.48 Å². The third kappa shape index (κ3) is 6.80. The van der Waals surface area contributed by atoms with Gasteiger partial charge in [0.15, 0.2) is 0 Å². The lowest BCUT2D eigenvalue weighted by Gasteiger charge is -2.23. The Balaban J connectivity index is 1.79. The Kier molecular flexibility index (Phi) is 7.32. The van der Waals surface area contributed by atoms with E-state index in [4.69, 9.17) is 9.47 Å². The number of pyridine rings is 1. The van der Waals surface area contributed by atoms with Crippen molar-refractivity contribution in [2.24, 2.45) is 7.05 Å². The zero-order valence-corrected chi connectivity index (χ0v) is 19.5. The van der Waals surface area contributed by atoms with Crippen molar-refractivity contribution >= 4 is 17.8 Å². The van der Waals surface area contributed by atoms with Gasteiger partial charge in [-0.15, -0.1) is 0 Å². The largest absolute Gasteiger partial charge is 0.481 e. The first kappa shape index (κ1) is 23.8. The summed E-state index contributed by atoms with van der Waals surface area (Å²) in [5.74, 6) is 0.564. The van der Waals surface area contributed by atoms with Crippen molar-refractivity contribution in [1.29, 1.82) is 0 Å². The normalized spacial score (nSPS) is 12.0. The number of carbonyl (C=O) groups excluding carboxylic acids is 2. The zero-order valence-electron chi connectivity index (χ0n) is 19.5. The minimum Gasteiger partial charge on any atom is -0.481 e. The average molecular weight is 452 g/mol. The van der Waals surface area contributed by atoms with Crippen LogP contribution in [0.25, 0.3) is 11.3 Å². The number of rotatable bonds is 7. The number of anilines is 1. The van der Waals surface area contributed by atoms with Crippen LogP contribution in [-0.2, 0) is 23.0 Å². The second kappa shape index (κ2) is 10.2. The quantitative estimate of drug-likeness (QED) is 0.569. The monoisotopic (exact) mass is 451 g/mol. The Morgan fingerprint density at radius 2 is 1.85 bits per heavy atom. The summed E-state index contributed by atoms with van der Waals surface area (Å²) in [5.41, 5.74) is 1.67. The fourth-order valence-corrected chi connectivity index (χ4v) is 3.13. The molecule has 0 spiro atoms. The summed E-state index contributed by atoms with van der Waals surface area (Å²) in [7, 11) is 3.27. The molecule has 174 valence electrons. The summed E-state index contributed by atoms with van der Waals surface area (Å²) in [4.78, 5) is 29.6. The molecule has 0 bridgehead atoms. The van der Waals surface area contributed by atoms with Crippen molar-refractivity contribution in [1.82, 2.24) is 20.1 Å².